The summed E-state index contributed by atoms with van der Waals surface area (Å²) in [5.41, 5.74) is 7.89. The monoisotopic (exact) mass is 434 g/mol. The van der Waals surface area contributed by atoms with Gasteiger partial charge in [-0.3, -0.25) is 4.79 Å². The second kappa shape index (κ2) is 10.5. The van der Waals surface area contributed by atoms with Crippen LogP contribution in [0.5, 0.6) is 0 Å². The predicted octanol–water partition coefficient (Wildman–Crippen LogP) is 4.61. The number of anilines is 2. The highest BCUT2D eigenvalue weighted by molar-refractivity contribution is 5.93. The summed E-state index contributed by atoms with van der Waals surface area (Å²) in [6.07, 6.45) is 9.94. The Kier molecular flexibility index (Phi) is 8.00. The van der Waals surface area contributed by atoms with Gasteiger partial charge in [0.05, 0.1) is 0 Å². The Hall–Kier alpha value is -1.79. The molecule has 2 aliphatic carbocycles. The van der Waals surface area contributed by atoms with Gasteiger partial charge in [-0.05, 0) is 74.6 Å². The lowest BCUT2D eigenvalue weighted by Crippen LogP contribution is -2.48. The number of rotatable bonds is 3. The number of hydrogen-bond acceptors (Lipinski definition) is 3. The van der Waals surface area contributed by atoms with E-state index in [0.717, 1.165) is 63.0 Å². The van der Waals surface area contributed by atoms with Crippen LogP contribution in [-0.4, -0.2) is 36.0 Å². The summed E-state index contributed by atoms with van der Waals surface area (Å²) in [6, 6.07) is 7.69. The molecule has 2 saturated carbocycles. The molecular formula is C23H35ClN4O2. The fourth-order valence-corrected chi connectivity index (χ4v) is 5.36. The quantitative estimate of drug-likeness (QED) is 0.649. The molecule has 3 aliphatic rings. The van der Waals surface area contributed by atoms with Crippen molar-refractivity contribution < 1.29 is 9.59 Å². The average Bonchev–Trinajstić information content (AvgIpc) is 2.99. The molecule has 0 aromatic heterocycles. The molecule has 166 valence electrons. The molecule has 2 bridgehead atoms. The Labute approximate surface area is 185 Å². The van der Waals surface area contributed by atoms with Gasteiger partial charge in [0.25, 0.3) is 0 Å². The number of nitrogens with two attached hydrogens (primary N) is 1. The molecule has 3 fully saturated rings. The fourth-order valence-electron chi connectivity index (χ4n) is 5.36. The van der Waals surface area contributed by atoms with Crippen LogP contribution in [0.3, 0.4) is 0 Å². The molecule has 3 amide bonds. The zero-order valence-corrected chi connectivity index (χ0v) is 18.5. The van der Waals surface area contributed by atoms with E-state index in [9.17, 15) is 9.59 Å². The van der Waals surface area contributed by atoms with Crippen LogP contribution in [0.15, 0.2) is 24.3 Å². The zero-order chi connectivity index (χ0) is 20.2. The molecular weight excluding hydrogens is 400 g/mol. The Bertz CT molecular complexity index is 704. The second-order valence-corrected chi connectivity index (χ2v) is 9.09. The molecule has 1 aromatic carbocycles. The minimum absolute atomic E-state index is 0. The first-order valence-corrected chi connectivity index (χ1v) is 11.3. The van der Waals surface area contributed by atoms with Crippen molar-refractivity contribution in [3.05, 3.63) is 24.3 Å². The van der Waals surface area contributed by atoms with Crippen molar-refractivity contribution in [3.63, 3.8) is 0 Å². The van der Waals surface area contributed by atoms with Crippen LogP contribution in [0.4, 0.5) is 16.2 Å². The van der Waals surface area contributed by atoms with Gasteiger partial charge in [0.1, 0.15) is 0 Å². The van der Waals surface area contributed by atoms with Crippen LogP contribution in [0.2, 0.25) is 0 Å². The van der Waals surface area contributed by atoms with E-state index >= 15 is 0 Å². The van der Waals surface area contributed by atoms with Crippen molar-refractivity contribution in [1.29, 1.82) is 0 Å². The van der Waals surface area contributed by atoms with E-state index in [1.807, 2.05) is 29.2 Å². The van der Waals surface area contributed by atoms with E-state index in [1.54, 1.807) is 0 Å². The third-order valence-corrected chi connectivity index (χ3v) is 7.08. The van der Waals surface area contributed by atoms with Gasteiger partial charge >= 0.3 is 6.03 Å². The third-order valence-electron chi connectivity index (χ3n) is 7.08. The first-order chi connectivity index (χ1) is 14.1. The van der Waals surface area contributed by atoms with E-state index in [1.165, 1.54) is 19.3 Å². The SMILES string of the molecule is Cl.NC1C2CCCC1CC(C(=O)Nc1ccc(NC(=O)N3CCCCCC3)cc1)C2. The number of nitrogens with zero attached hydrogens (tertiary/aromatic N) is 1. The molecule has 6 nitrogen and oxygen atoms in total. The van der Waals surface area contributed by atoms with Crippen LogP contribution in [0, 0.1) is 17.8 Å². The fraction of sp³-hybridized carbons (Fsp3) is 0.652. The minimum atomic E-state index is -0.0335. The number of nitrogens with one attached hydrogen (secondary N) is 2. The van der Waals surface area contributed by atoms with E-state index in [2.05, 4.69) is 10.6 Å². The van der Waals surface area contributed by atoms with E-state index < -0.39 is 0 Å². The summed E-state index contributed by atoms with van der Waals surface area (Å²) in [6.45, 7) is 1.65. The third kappa shape index (κ3) is 5.46. The molecule has 1 aromatic rings. The van der Waals surface area contributed by atoms with Gasteiger partial charge in [0.2, 0.25) is 5.91 Å². The number of carbonyl (C=O) groups is 2. The molecule has 4 rings (SSSR count). The molecule has 2 atom stereocenters. The highest BCUT2D eigenvalue weighted by atomic mass is 35.5. The van der Waals surface area contributed by atoms with Crippen LogP contribution >= 0.6 is 12.4 Å². The molecule has 0 radical (unpaired) electrons. The van der Waals surface area contributed by atoms with Gasteiger partial charge in [-0.25, -0.2) is 4.79 Å². The summed E-state index contributed by atoms with van der Waals surface area (Å²) in [5, 5.41) is 6.04. The van der Waals surface area contributed by atoms with Crippen LogP contribution in [-0.2, 0) is 4.79 Å². The van der Waals surface area contributed by atoms with E-state index in [-0.39, 0.29) is 36.3 Å². The maximum atomic E-state index is 12.8. The number of hydrogen-bond donors (Lipinski definition) is 3. The zero-order valence-electron chi connectivity index (χ0n) is 17.6. The molecule has 4 N–H and O–H groups in total. The molecule has 1 aliphatic heterocycles. The topological polar surface area (TPSA) is 87.5 Å². The van der Waals surface area contributed by atoms with Crippen molar-refractivity contribution in [2.75, 3.05) is 23.7 Å². The number of carbonyl (C=O) groups excluding carboxylic acids is 2. The maximum absolute atomic E-state index is 12.8. The molecule has 1 saturated heterocycles. The van der Waals surface area contributed by atoms with E-state index in [0.29, 0.717) is 11.8 Å². The summed E-state index contributed by atoms with van der Waals surface area (Å²) < 4.78 is 0. The second-order valence-electron chi connectivity index (χ2n) is 9.09. The predicted molar refractivity (Wildman–Crippen MR) is 123 cm³/mol. The minimum Gasteiger partial charge on any atom is -0.327 e. The number of amides is 3. The molecule has 1 heterocycles. The Morgan fingerprint density at radius 2 is 1.37 bits per heavy atom. The summed E-state index contributed by atoms with van der Waals surface area (Å²) in [5.74, 6) is 1.16. The highest BCUT2D eigenvalue weighted by Crippen LogP contribution is 2.42. The lowest BCUT2D eigenvalue weighted by atomic mass is 9.65. The van der Waals surface area contributed by atoms with Gasteiger partial charge in [0.15, 0.2) is 0 Å². The van der Waals surface area contributed by atoms with Crippen LogP contribution < -0.4 is 16.4 Å². The van der Waals surface area contributed by atoms with Crippen molar-refractivity contribution in [2.45, 2.75) is 63.8 Å². The summed E-state index contributed by atoms with van der Waals surface area (Å²) >= 11 is 0. The number of likely N-dealkylation sites (tertiary alicyclic amines) is 1. The van der Waals surface area contributed by atoms with E-state index in [4.69, 9.17) is 5.73 Å². The summed E-state index contributed by atoms with van der Waals surface area (Å²) in [4.78, 5) is 27.1. The van der Waals surface area contributed by atoms with Gasteiger partial charge in [-0.1, -0.05) is 19.3 Å². The molecule has 30 heavy (non-hydrogen) atoms. The van der Waals surface area contributed by atoms with Crippen molar-refractivity contribution >= 4 is 35.7 Å². The highest BCUT2D eigenvalue weighted by Gasteiger charge is 2.40. The number of benzene rings is 1. The van der Waals surface area contributed by atoms with Gasteiger partial charge in [0, 0.05) is 36.4 Å². The van der Waals surface area contributed by atoms with Crippen LogP contribution in [0.25, 0.3) is 0 Å². The standard InChI is InChI=1S/C23H34N4O2.ClH/c24-21-16-6-5-7-17(21)15-18(14-16)22(28)25-19-8-10-20(11-9-19)26-23(29)27-12-3-1-2-4-13-27;/h8-11,16-18,21H,1-7,12-15,24H2,(H,25,28)(H,26,29);1H. The Morgan fingerprint density at radius 1 is 0.833 bits per heavy atom. The van der Waals surface area contributed by atoms with Crippen LogP contribution in [0.1, 0.15) is 57.8 Å². The smallest absolute Gasteiger partial charge is 0.321 e. The number of urea groups is 1. The first-order valence-electron chi connectivity index (χ1n) is 11.3. The van der Waals surface area contributed by atoms with Crippen molar-refractivity contribution in [2.24, 2.45) is 23.5 Å². The Morgan fingerprint density at radius 3 is 1.93 bits per heavy atom. The van der Waals surface area contributed by atoms with Gasteiger partial charge in [-0.15, -0.1) is 12.4 Å². The largest absolute Gasteiger partial charge is 0.327 e. The molecule has 2 unspecified atom stereocenters. The van der Waals surface area contributed by atoms with Crippen molar-refractivity contribution in [3.8, 4) is 0 Å². The number of fused-ring (bicyclic) bond motifs is 2. The Balaban J connectivity index is 0.00000256. The average molecular weight is 435 g/mol. The molecule has 0 spiro atoms. The lowest BCUT2D eigenvalue weighted by molar-refractivity contribution is -0.122. The van der Waals surface area contributed by atoms with Crippen molar-refractivity contribution in [1.82, 2.24) is 4.90 Å². The first kappa shape index (κ1) is 22.9. The normalized spacial score (nSPS) is 28.6. The van der Waals surface area contributed by atoms with Gasteiger partial charge < -0.3 is 21.3 Å². The summed E-state index contributed by atoms with van der Waals surface area (Å²) in [7, 11) is 0. The number of halogens is 1. The van der Waals surface area contributed by atoms with Gasteiger partial charge in [-0.2, -0.15) is 0 Å². The molecule has 7 heteroatoms. The maximum Gasteiger partial charge on any atom is 0.321 e. The lowest BCUT2D eigenvalue weighted by Gasteiger charge is -2.43.